The molecule has 1 aliphatic carbocycles. The van der Waals surface area contributed by atoms with Gasteiger partial charge in [-0.05, 0) is 37.0 Å². The highest BCUT2D eigenvalue weighted by molar-refractivity contribution is 6.01. The number of carbonyl (C=O) groups excluding carboxylic acids is 2. The van der Waals surface area contributed by atoms with Crippen molar-refractivity contribution in [2.75, 3.05) is 18.6 Å². The average Bonchev–Trinajstić information content (AvgIpc) is 3.36. The van der Waals surface area contributed by atoms with E-state index in [0.717, 1.165) is 25.0 Å². The molecule has 1 fully saturated rings. The molecule has 1 atom stereocenters. The number of nitrogens with one attached hydrogen (secondary N) is 2. The number of anilines is 1. The highest BCUT2D eigenvalue weighted by Gasteiger charge is 2.36. The zero-order valence-electron chi connectivity index (χ0n) is 14.7. The van der Waals surface area contributed by atoms with E-state index in [9.17, 15) is 9.59 Å². The first-order valence-corrected chi connectivity index (χ1v) is 8.93. The number of hydrogen-bond donors (Lipinski definition) is 2. The van der Waals surface area contributed by atoms with E-state index in [1.54, 1.807) is 12.0 Å². The van der Waals surface area contributed by atoms with Crippen LogP contribution in [0, 0.1) is 5.92 Å². The fourth-order valence-corrected chi connectivity index (χ4v) is 3.82. The highest BCUT2D eigenvalue weighted by atomic mass is 16.5. The van der Waals surface area contributed by atoms with Gasteiger partial charge in [-0.1, -0.05) is 12.1 Å². The van der Waals surface area contributed by atoms with Gasteiger partial charge >= 0.3 is 0 Å². The second-order valence-electron chi connectivity index (χ2n) is 6.78. The summed E-state index contributed by atoms with van der Waals surface area (Å²) < 4.78 is 5.33. The van der Waals surface area contributed by atoms with Crippen molar-refractivity contribution >= 4 is 17.5 Å². The van der Waals surface area contributed by atoms with Crippen molar-refractivity contribution < 1.29 is 14.3 Å². The third-order valence-corrected chi connectivity index (χ3v) is 5.19. The summed E-state index contributed by atoms with van der Waals surface area (Å²) in [6, 6.07) is 7.37. The van der Waals surface area contributed by atoms with Gasteiger partial charge in [0.15, 0.2) is 0 Å². The number of aromatic nitrogens is 2. The second-order valence-corrected chi connectivity index (χ2v) is 6.78. The molecule has 0 unspecified atom stereocenters. The number of aromatic amines is 1. The van der Waals surface area contributed by atoms with Crippen LogP contribution in [0.1, 0.15) is 29.8 Å². The molecule has 2 heterocycles. The minimum absolute atomic E-state index is 0.0599. The molecule has 26 heavy (non-hydrogen) atoms. The Labute approximate surface area is 151 Å². The van der Waals surface area contributed by atoms with Gasteiger partial charge in [0.25, 0.3) is 0 Å². The summed E-state index contributed by atoms with van der Waals surface area (Å²) in [6.45, 7) is 0.772. The maximum absolute atomic E-state index is 12.6. The molecule has 1 aliphatic heterocycles. The summed E-state index contributed by atoms with van der Waals surface area (Å²) in [5.74, 6) is 0.106. The van der Waals surface area contributed by atoms with E-state index in [0.29, 0.717) is 24.5 Å². The Kier molecular flexibility index (Phi) is 4.36. The Balaban J connectivity index is 1.41. The summed E-state index contributed by atoms with van der Waals surface area (Å²) in [7, 11) is 1.58. The molecule has 2 N–H and O–H groups in total. The number of ether oxygens (including phenoxy) is 1. The number of carbonyl (C=O) groups is 2. The van der Waals surface area contributed by atoms with E-state index in [1.807, 2.05) is 24.3 Å². The number of rotatable bonds is 5. The molecule has 0 radical (unpaired) electrons. The van der Waals surface area contributed by atoms with Crippen molar-refractivity contribution in [3.63, 3.8) is 0 Å². The maximum atomic E-state index is 12.6. The molecule has 1 aromatic heterocycles. The largest absolute Gasteiger partial charge is 0.495 e. The average molecular weight is 354 g/mol. The van der Waals surface area contributed by atoms with E-state index in [2.05, 4.69) is 15.5 Å². The Morgan fingerprint density at radius 2 is 2.23 bits per heavy atom. The summed E-state index contributed by atoms with van der Waals surface area (Å²) >= 11 is 0. The molecule has 4 rings (SSSR count). The third-order valence-electron chi connectivity index (χ3n) is 5.19. The lowest BCUT2D eigenvalue weighted by molar-refractivity contribution is -0.126. The second kappa shape index (κ2) is 6.82. The number of aryl methyl sites for hydroxylation is 1. The van der Waals surface area contributed by atoms with Crippen LogP contribution in [-0.2, 0) is 29.0 Å². The van der Waals surface area contributed by atoms with E-state index < -0.39 is 0 Å². The van der Waals surface area contributed by atoms with Crippen LogP contribution in [0.3, 0.4) is 0 Å². The number of benzene rings is 1. The van der Waals surface area contributed by atoms with Crippen molar-refractivity contribution in [1.82, 2.24) is 15.5 Å². The third kappa shape index (κ3) is 2.94. The van der Waals surface area contributed by atoms with Crippen LogP contribution in [0.25, 0.3) is 0 Å². The first-order valence-electron chi connectivity index (χ1n) is 8.93. The minimum Gasteiger partial charge on any atom is -0.495 e. The van der Waals surface area contributed by atoms with E-state index in [-0.39, 0.29) is 24.2 Å². The molecule has 2 amide bonds. The van der Waals surface area contributed by atoms with Crippen LogP contribution in [0.15, 0.2) is 24.3 Å². The molecule has 7 heteroatoms. The Morgan fingerprint density at radius 3 is 3.08 bits per heavy atom. The van der Waals surface area contributed by atoms with Crippen LogP contribution >= 0.6 is 0 Å². The molecule has 1 saturated heterocycles. The lowest BCUT2D eigenvalue weighted by Crippen LogP contribution is -2.33. The van der Waals surface area contributed by atoms with Gasteiger partial charge < -0.3 is 15.0 Å². The molecule has 0 saturated carbocycles. The highest BCUT2D eigenvalue weighted by Crippen LogP contribution is 2.32. The van der Waals surface area contributed by atoms with Crippen LogP contribution in [0.4, 0.5) is 5.69 Å². The van der Waals surface area contributed by atoms with Crippen molar-refractivity contribution in [2.24, 2.45) is 5.92 Å². The number of methoxy groups -OCH3 is 1. The number of fused-ring (bicyclic) bond motifs is 1. The SMILES string of the molecule is COc1ccccc1N1C[C@H](C(=O)NCc2n[nH]c3c2CCC3)CC1=O. The van der Waals surface area contributed by atoms with Gasteiger partial charge in [0.05, 0.1) is 31.0 Å². The Morgan fingerprint density at radius 1 is 1.38 bits per heavy atom. The number of nitrogens with zero attached hydrogens (tertiary/aromatic N) is 2. The zero-order chi connectivity index (χ0) is 18.1. The van der Waals surface area contributed by atoms with Gasteiger partial charge in [-0.15, -0.1) is 0 Å². The number of H-pyrrole nitrogens is 1. The minimum atomic E-state index is -0.362. The zero-order valence-corrected chi connectivity index (χ0v) is 14.7. The smallest absolute Gasteiger partial charge is 0.227 e. The van der Waals surface area contributed by atoms with Gasteiger partial charge in [0.2, 0.25) is 11.8 Å². The number of para-hydroxylation sites is 2. The molecule has 0 spiro atoms. The molecule has 136 valence electrons. The summed E-state index contributed by atoms with van der Waals surface area (Å²) in [6.07, 6.45) is 3.39. The first-order chi connectivity index (χ1) is 12.7. The summed E-state index contributed by atoms with van der Waals surface area (Å²) in [5, 5.41) is 10.3. The Hall–Kier alpha value is -2.83. The van der Waals surface area contributed by atoms with Crippen LogP contribution < -0.4 is 15.0 Å². The quantitative estimate of drug-likeness (QED) is 0.853. The standard InChI is InChI=1S/C19H22N4O3/c1-26-17-8-3-2-7-16(17)23-11-12(9-18(23)24)19(25)20-10-15-13-5-4-6-14(13)21-22-15/h2-3,7-8,12H,4-6,9-11H2,1H3,(H,20,25)(H,21,22)/t12-/m1/s1. The van der Waals surface area contributed by atoms with Gasteiger partial charge in [-0.2, -0.15) is 5.10 Å². The van der Waals surface area contributed by atoms with Gasteiger partial charge in [-0.3, -0.25) is 14.7 Å². The van der Waals surface area contributed by atoms with Crippen molar-refractivity contribution in [2.45, 2.75) is 32.2 Å². The fourth-order valence-electron chi connectivity index (χ4n) is 3.82. The lowest BCUT2D eigenvalue weighted by Gasteiger charge is -2.19. The predicted molar refractivity (Wildman–Crippen MR) is 95.9 cm³/mol. The van der Waals surface area contributed by atoms with Gasteiger partial charge in [-0.25, -0.2) is 0 Å². The number of hydrogen-bond acceptors (Lipinski definition) is 4. The topological polar surface area (TPSA) is 87.3 Å². The maximum Gasteiger partial charge on any atom is 0.227 e. The van der Waals surface area contributed by atoms with Gasteiger partial charge in [0, 0.05) is 18.7 Å². The Bertz CT molecular complexity index is 845. The van der Waals surface area contributed by atoms with Crippen molar-refractivity contribution in [3.8, 4) is 5.75 Å². The number of amides is 2. The van der Waals surface area contributed by atoms with Crippen molar-refractivity contribution in [1.29, 1.82) is 0 Å². The van der Waals surface area contributed by atoms with Crippen LogP contribution in [0.5, 0.6) is 5.75 Å². The summed E-state index contributed by atoms with van der Waals surface area (Å²) in [5.41, 5.74) is 4.05. The molecule has 2 aliphatic rings. The van der Waals surface area contributed by atoms with Gasteiger partial charge in [0.1, 0.15) is 5.75 Å². The normalized spacial score (nSPS) is 18.9. The molecule has 2 aromatic rings. The molecule has 7 nitrogen and oxygen atoms in total. The molecular formula is C19H22N4O3. The monoisotopic (exact) mass is 354 g/mol. The van der Waals surface area contributed by atoms with E-state index in [1.165, 1.54) is 11.3 Å². The predicted octanol–water partition coefficient (Wildman–Crippen LogP) is 1.58. The fraction of sp³-hybridized carbons (Fsp3) is 0.421. The van der Waals surface area contributed by atoms with Crippen LogP contribution in [-0.4, -0.2) is 35.7 Å². The van der Waals surface area contributed by atoms with E-state index in [4.69, 9.17) is 4.74 Å². The molecule has 1 aromatic carbocycles. The first kappa shape index (κ1) is 16.6. The van der Waals surface area contributed by atoms with Crippen molar-refractivity contribution in [3.05, 3.63) is 41.2 Å². The van der Waals surface area contributed by atoms with E-state index >= 15 is 0 Å². The van der Waals surface area contributed by atoms with Crippen LogP contribution in [0.2, 0.25) is 0 Å². The molecular weight excluding hydrogens is 332 g/mol. The lowest BCUT2D eigenvalue weighted by atomic mass is 10.1. The summed E-state index contributed by atoms with van der Waals surface area (Å²) in [4.78, 5) is 26.6. The molecule has 0 bridgehead atoms.